The summed E-state index contributed by atoms with van der Waals surface area (Å²) < 4.78 is 24.1. The number of benzene rings is 1. The minimum absolute atomic E-state index is 0.0683. The fraction of sp³-hybridized carbons (Fsp3) is 0.385. The van der Waals surface area contributed by atoms with Gasteiger partial charge in [0.25, 0.3) is 5.91 Å². The maximum Gasteiger partial charge on any atom is 0.280 e. The lowest BCUT2D eigenvalue weighted by Gasteiger charge is -2.19. The minimum Gasteiger partial charge on any atom is -0.370 e. The third-order valence-corrected chi connectivity index (χ3v) is 4.18. The van der Waals surface area contributed by atoms with Crippen molar-refractivity contribution >= 4 is 21.7 Å². The molecule has 1 aromatic carbocycles. The minimum atomic E-state index is -3.52. The molecular formula is C13H21N5O3S. The smallest absolute Gasteiger partial charge is 0.280 e. The van der Waals surface area contributed by atoms with Gasteiger partial charge in [0.1, 0.15) is 0 Å². The number of carbonyl (C=O) groups excluding carboxylic acids is 1. The Hall–Kier alpha value is -1.97. The zero-order chi connectivity index (χ0) is 16.9. The first-order valence-electron chi connectivity index (χ1n) is 6.50. The van der Waals surface area contributed by atoms with Gasteiger partial charge in [0.2, 0.25) is 0 Å². The molecule has 0 saturated heterocycles. The molecule has 0 spiro atoms. The molecule has 1 rings (SSSR count). The van der Waals surface area contributed by atoms with E-state index >= 15 is 0 Å². The Bertz CT molecular complexity index is 681. The van der Waals surface area contributed by atoms with Crippen molar-refractivity contribution in [3.63, 3.8) is 0 Å². The van der Waals surface area contributed by atoms with Crippen LogP contribution in [0.25, 0.3) is 0 Å². The van der Waals surface area contributed by atoms with Crippen molar-refractivity contribution in [3.05, 3.63) is 29.3 Å². The SMILES string of the molecule is CNCC(NC)c1ccc(C(=O)N=C(N)N)cc1S(C)(=O)=O. The van der Waals surface area contributed by atoms with Gasteiger partial charge in [0.05, 0.1) is 4.90 Å². The zero-order valence-electron chi connectivity index (χ0n) is 12.8. The normalized spacial score (nSPS) is 12.7. The van der Waals surface area contributed by atoms with Crippen LogP contribution in [0.4, 0.5) is 0 Å². The summed E-state index contributed by atoms with van der Waals surface area (Å²) in [4.78, 5) is 15.3. The molecule has 0 bridgehead atoms. The van der Waals surface area contributed by atoms with Crippen LogP contribution in [0.2, 0.25) is 0 Å². The highest BCUT2D eigenvalue weighted by molar-refractivity contribution is 7.90. The van der Waals surface area contributed by atoms with E-state index in [0.717, 1.165) is 6.26 Å². The molecular weight excluding hydrogens is 306 g/mol. The first kappa shape index (κ1) is 18.1. The van der Waals surface area contributed by atoms with E-state index in [4.69, 9.17) is 11.5 Å². The van der Waals surface area contributed by atoms with E-state index < -0.39 is 15.7 Å². The van der Waals surface area contributed by atoms with Gasteiger partial charge in [-0.2, -0.15) is 4.99 Å². The standard InChI is InChI=1S/C13H21N5O3S/c1-16-7-10(17-2)9-5-4-8(12(19)18-13(14)15)6-11(9)22(3,20)21/h4-6,10,16-17H,7H2,1-3H3,(H4,14,15,18,19). The molecule has 0 fully saturated rings. The van der Waals surface area contributed by atoms with Gasteiger partial charge in [0.15, 0.2) is 15.8 Å². The van der Waals surface area contributed by atoms with Crippen LogP contribution in [-0.4, -0.2) is 47.2 Å². The van der Waals surface area contributed by atoms with Gasteiger partial charge in [-0.05, 0) is 31.8 Å². The van der Waals surface area contributed by atoms with Crippen molar-refractivity contribution in [2.45, 2.75) is 10.9 Å². The maximum atomic E-state index is 12.0. The monoisotopic (exact) mass is 327 g/mol. The Kier molecular flexibility index (Phi) is 6.03. The van der Waals surface area contributed by atoms with E-state index in [1.807, 2.05) is 0 Å². The number of hydrogen-bond donors (Lipinski definition) is 4. The van der Waals surface area contributed by atoms with Crippen molar-refractivity contribution in [1.82, 2.24) is 10.6 Å². The zero-order valence-corrected chi connectivity index (χ0v) is 13.6. The molecule has 1 amide bonds. The van der Waals surface area contributed by atoms with Crippen LogP contribution < -0.4 is 22.1 Å². The molecule has 0 heterocycles. The summed E-state index contributed by atoms with van der Waals surface area (Å²) in [6, 6.07) is 4.16. The lowest BCUT2D eigenvalue weighted by molar-refractivity contribution is 0.100. The molecule has 22 heavy (non-hydrogen) atoms. The van der Waals surface area contributed by atoms with Gasteiger partial charge in [-0.3, -0.25) is 4.79 Å². The topological polar surface area (TPSA) is 140 Å². The van der Waals surface area contributed by atoms with Gasteiger partial charge in [-0.25, -0.2) is 8.42 Å². The molecule has 0 aliphatic carbocycles. The number of aliphatic imine (C=N–C) groups is 1. The molecule has 0 saturated carbocycles. The number of nitrogens with one attached hydrogen (secondary N) is 2. The van der Waals surface area contributed by atoms with Crippen LogP contribution in [0, 0.1) is 0 Å². The molecule has 1 aromatic rings. The molecule has 0 aliphatic heterocycles. The van der Waals surface area contributed by atoms with Gasteiger partial charge < -0.3 is 22.1 Å². The summed E-state index contributed by atoms with van der Waals surface area (Å²) >= 11 is 0. The second kappa shape index (κ2) is 7.34. The number of likely N-dealkylation sites (N-methyl/N-ethyl adjacent to an activating group) is 2. The third kappa shape index (κ3) is 4.52. The van der Waals surface area contributed by atoms with Gasteiger partial charge in [-0.15, -0.1) is 0 Å². The van der Waals surface area contributed by atoms with Crippen LogP contribution in [0.5, 0.6) is 0 Å². The number of nitrogens with zero attached hydrogens (tertiary/aromatic N) is 1. The highest BCUT2D eigenvalue weighted by atomic mass is 32.2. The quantitative estimate of drug-likeness (QED) is 0.387. The fourth-order valence-corrected chi connectivity index (χ4v) is 3.01. The van der Waals surface area contributed by atoms with Crippen molar-refractivity contribution in [1.29, 1.82) is 0 Å². The van der Waals surface area contributed by atoms with Crippen LogP contribution in [0.3, 0.4) is 0 Å². The molecule has 8 nitrogen and oxygen atoms in total. The number of sulfone groups is 1. The Balaban J connectivity index is 3.44. The summed E-state index contributed by atoms with van der Waals surface area (Å²) in [6.45, 7) is 0.528. The van der Waals surface area contributed by atoms with Crippen LogP contribution in [0.15, 0.2) is 28.1 Å². The molecule has 0 aliphatic rings. The van der Waals surface area contributed by atoms with E-state index in [0.29, 0.717) is 12.1 Å². The third-order valence-electron chi connectivity index (χ3n) is 3.02. The highest BCUT2D eigenvalue weighted by Gasteiger charge is 2.21. The van der Waals surface area contributed by atoms with E-state index in [1.54, 1.807) is 20.2 Å². The van der Waals surface area contributed by atoms with Crippen molar-refractivity contribution < 1.29 is 13.2 Å². The fourth-order valence-electron chi connectivity index (χ4n) is 2.03. The summed E-state index contributed by atoms with van der Waals surface area (Å²) in [5.41, 5.74) is 11.0. The maximum absolute atomic E-state index is 12.0. The second-order valence-electron chi connectivity index (χ2n) is 4.77. The van der Waals surface area contributed by atoms with Crippen LogP contribution in [0.1, 0.15) is 22.0 Å². The Labute approximate surface area is 129 Å². The van der Waals surface area contributed by atoms with Gasteiger partial charge in [-0.1, -0.05) is 6.07 Å². The van der Waals surface area contributed by atoms with E-state index in [9.17, 15) is 13.2 Å². The summed E-state index contributed by atoms with van der Waals surface area (Å²) in [7, 11) is -0.0287. The molecule has 9 heteroatoms. The summed E-state index contributed by atoms with van der Waals surface area (Å²) in [5, 5.41) is 6.01. The Morgan fingerprint density at radius 3 is 2.41 bits per heavy atom. The first-order chi connectivity index (χ1) is 10.2. The number of hydrogen-bond acceptors (Lipinski definition) is 5. The van der Waals surface area contributed by atoms with Crippen molar-refractivity contribution in [2.24, 2.45) is 16.5 Å². The highest BCUT2D eigenvalue weighted by Crippen LogP contribution is 2.24. The number of carbonyl (C=O) groups is 1. The van der Waals surface area contributed by atoms with Crippen molar-refractivity contribution in [2.75, 3.05) is 26.9 Å². The molecule has 6 N–H and O–H groups in total. The molecule has 1 unspecified atom stereocenters. The average molecular weight is 327 g/mol. The molecule has 122 valence electrons. The number of guanidine groups is 1. The molecule has 1 atom stereocenters. The molecule has 0 radical (unpaired) electrons. The number of rotatable bonds is 6. The first-order valence-corrected chi connectivity index (χ1v) is 8.39. The van der Waals surface area contributed by atoms with Gasteiger partial charge >= 0.3 is 0 Å². The van der Waals surface area contributed by atoms with Gasteiger partial charge in [0, 0.05) is 24.4 Å². The lowest BCUT2D eigenvalue weighted by Crippen LogP contribution is -2.28. The predicted octanol–water partition coefficient (Wildman–Crippen LogP) is -1.02. The van der Waals surface area contributed by atoms with Crippen molar-refractivity contribution in [3.8, 4) is 0 Å². The summed E-state index contributed by atoms with van der Waals surface area (Å²) in [6.07, 6.45) is 1.09. The Morgan fingerprint density at radius 2 is 1.95 bits per heavy atom. The van der Waals surface area contributed by atoms with E-state index in [1.165, 1.54) is 12.1 Å². The van der Waals surface area contributed by atoms with Crippen LogP contribution >= 0.6 is 0 Å². The largest absolute Gasteiger partial charge is 0.370 e. The second-order valence-corrected chi connectivity index (χ2v) is 6.75. The predicted molar refractivity (Wildman–Crippen MR) is 85.4 cm³/mol. The van der Waals surface area contributed by atoms with Crippen LogP contribution in [-0.2, 0) is 9.84 Å². The number of amides is 1. The van der Waals surface area contributed by atoms with E-state index in [-0.39, 0.29) is 22.5 Å². The number of nitrogens with two attached hydrogens (primary N) is 2. The molecule has 0 aromatic heterocycles. The van der Waals surface area contributed by atoms with E-state index in [2.05, 4.69) is 15.6 Å². The lowest BCUT2D eigenvalue weighted by atomic mass is 10.0. The summed E-state index contributed by atoms with van der Waals surface area (Å²) in [5.74, 6) is -1.07. The average Bonchev–Trinajstić information content (AvgIpc) is 2.42. The Morgan fingerprint density at radius 1 is 1.32 bits per heavy atom.